The van der Waals surface area contributed by atoms with Crippen molar-refractivity contribution in [2.24, 2.45) is 0 Å². The molecule has 0 N–H and O–H groups in total. The quantitative estimate of drug-likeness (QED) is 0.587. The third kappa shape index (κ3) is 3.03. The SMILES string of the molecule is COC(=O)c1ccc(COC2C(=O)CCC2=O)cn1. The topological polar surface area (TPSA) is 82.6 Å². The maximum absolute atomic E-state index is 11.4. The first-order valence-corrected chi connectivity index (χ1v) is 5.82. The van der Waals surface area contributed by atoms with Gasteiger partial charge < -0.3 is 9.47 Å². The fourth-order valence-electron chi connectivity index (χ4n) is 1.79. The lowest BCUT2D eigenvalue weighted by molar-refractivity contribution is -0.137. The lowest BCUT2D eigenvalue weighted by atomic mass is 10.2. The molecule has 1 heterocycles. The van der Waals surface area contributed by atoms with Crippen molar-refractivity contribution in [2.75, 3.05) is 7.11 Å². The van der Waals surface area contributed by atoms with Crippen molar-refractivity contribution in [1.29, 1.82) is 0 Å². The fraction of sp³-hybridized carbons (Fsp3) is 0.385. The van der Waals surface area contributed by atoms with Crippen LogP contribution in [0.4, 0.5) is 0 Å². The summed E-state index contributed by atoms with van der Waals surface area (Å²) in [5, 5.41) is 0. The number of esters is 1. The van der Waals surface area contributed by atoms with Crippen LogP contribution in [-0.2, 0) is 25.7 Å². The van der Waals surface area contributed by atoms with E-state index in [2.05, 4.69) is 9.72 Å². The Hall–Kier alpha value is -2.08. The van der Waals surface area contributed by atoms with Crippen molar-refractivity contribution in [3.05, 3.63) is 29.6 Å². The van der Waals surface area contributed by atoms with Crippen LogP contribution >= 0.6 is 0 Å². The minimum Gasteiger partial charge on any atom is -0.464 e. The van der Waals surface area contributed by atoms with Crippen molar-refractivity contribution in [1.82, 2.24) is 4.98 Å². The number of hydrogen-bond acceptors (Lipinski definition) is 6. The lowest BCUT2D eigenvalue weighted by Gasteiger charge is -2.08. The van der Waals surface area contributed by atoms with Gasteiger partial charge in [-0.2, -0.15) is 0 Å². The molecule has 0 bridgehead atoms. The number of rotatable bonds is 4. The van der Waals surface area contributed by atoms with Crippen molar-refractivity contribution in [3.8, 4) is 0 Å². The minimum absolute atomic E-state index is 0.108. The summed E-state index contributed by atoms with van der Waals surface area (Å²) in [6.45, 7) is 0.108. The zero-order chi connectivity index (χ0) is 13.8. The first-order valence-electron chi connectivity index (χ1n) is 5.82. The van der Waals surface area contributed by atoms with Crippen LogP contribution in [0.5, 0.6) is 0 Å². The summed E-state index contributed by atoms with van der Waals surface area (Å²) in [7, 11) is 1.28. The van der Waals surface area contributed by atoms with Gasteiger partial charge in [0.25, 0.3) is 0 Å². The first-order chi connectivity index (χ1) is 9.11. The van der Waals surface area contributed by atoms with E-state index < -0.39 is 12.1 Å². The van der Waals surface area contributed by atoms with Crippen molar-refractivity contribution >= 4 is 17.5 Å². The smallest absolute Gasteiger partial charge is 0.356 e. The highest BCUT2D eigenvalue weighted by Gasteiger charge is 2.33. The van der Waals surface area contributed by atoms with E-state index in [9.17, 15) is 14.4 Å². The molecule has 6 nitrogen and oxygen atoms in total. The molecule has 1 aromatic heterocycles. The van der Waals surface area contributed by atoms with Gasteiger partial charge in [-0.25, -0.2) is 9.78 Å². The van der Waals surface area contributed by atoms with Gasteiger partial charge in [0.15, 0.2) is 17.7 Å². The Kier molecular flexibility index (Phi) is 4.01. The standard InChI is InChI=1S/C13H13NO5/c1-18-13(17)9-3-2-8(6-14-9)7-19-12-10(15)4-5-11(12)16/h2-3,6,12H,4-5,7H2,1H3. The van der Waals surface area contributed by atoms with Crippen LogP contribution in [0.3, 0.4) is 0 Å². The van der Waals surface area contributed by atoms with Gasteiger partial charge in [-0.3, -0.25) is 9.59 Å². The minimum atomic E-state index is -0.944. The Bertz CT molecular complexity index is 492. The normalized spacial score (nSPS) is 15.8. The van der Waals surface area contributed by atoms with Crippen molar-refractivity contribution in [3.63, 3.8) is 0 Å². The highest BCUT2D eigenvalue weighted by Crippen LogP contribution is 2.16. The Balaban J connectivity index is 1.95. The van der Waals surface area contributed by atoms with Gasteiger partial charge in [0.05, 0.1) is 13.7 Å². The molecule has 0 unspecified atom stereocenters. The summed E-state index contributed by atoms with van der Waals surface area (Å²) in [4.78, 5) is 37.8. The summed E-state index contributed by atoms with van der Waals surface area (Å²) in [6, 6.07) is 3.14. The largest absolute Gasteiger partial charge is 0.464 e. The number of carbonyl (C=O) groups excluding carboxylic acids is 3. The summed E-state index contributed by atoms with van der Waals surface area (Å²) in [5.74, 6) is -0.873. The number of Topliss-reactive ketones (excluding diaryl/α,β-unsaturated/α-hetero) is 2. The summed E-state index contributed by atoms with van der Waals surface area (Å²) < 4.78 is 9.81. The third-order valence-corrected chi connectivity index (χ3v) is 2.84. The van der Waals surface area contributed by atoms with Crippen LogP contribution < -0.4 is 0 Å². The number of pyridine rings is 1. The van der Waals surface area contributed by atoms with E-state index >= 15 is 0 Å². The average molecular weight is 263 g/mol. The molecule has 1 aromatic rings. The van der Waals surface area contributed by atoms with Gasteiger partial charge in [0, 0.05) is 19.0 Å². The van der Waals surface area contributed by atoms with Crippen LogP contribution in [0, 0.1) is 0 Å². The molecule has 1 aliphatic carbocycles. The molecule has 100 valence electrons. The van der Waals surface area contributed by atoms with Gasteiger partial charge >= 0.3 is 5.97 Å². The molecule has 1 fully saturated rings. The van der Waals surface area contributed by atoms with Crippen LogP contribution in [0.25, 0.3) is 0 Å². The average Bonchev–Trinajstić information content (AvgIpc) is 2.75. The summed E-state index contributed by atoms with van der Waals surface area (Å²) >= 11 is 0. The predicted octanol–water partition coefficient (Wildman–Crippen LogP) is 0.685. The van der Waals surface area contributed by atoms with E-state index in [0.29, 0.717) is 5.56 Å². The molecule has 1 saturated carbocycles. The highest BCUT2D eigenvalue weighted by atomic mass is 16.5. The first kappa shape index (κ1) is 13.4. The van der Waals surface area contributed by atoms with Gasteiger partial charge in [-0.15, -0.1) is 0 Å². The van der Waals surface area contributed by atoms with Crippen LogP contribution in [0.2, 0.25) is 0 Å². The molecule has 2 rings (SSSR count). The molecule has 0 spiro atoms. The molecule has 0 aliphatic heterocycles. The molecule has 19 heavy (non-hydrogen) atoms. The molecule has 0 radical (unpaired) electrons. The van der Waals surface area contributed by atoms with E-state index in [1.54, 1.807) is 6.07 Å². The molecule has 1 aliphatic rings. The highest BCUT2D eigenvalue weighted by molar-refractivity contribution is 6.11. The Labute approximate surface area is 109 Å². The van der Waals surface area contributed by atoms with Gasteiger partial charge in [-0.05, 0) is 11.6 Å². The zero-order valence-corrected chi connectivity index (χ0v) is 10.4. The van der Waals surface area contributed by atoms with Crippen LogP contribution in [0.15, 0.2) is 18.3 Å². The Morgan fingerprint density at radius 1 is 1.32 bits per heavy atom. The molecular weight excluding hydrogens is 250 g/mol. The maximum atomic E-state index is 11.4. The fourth-order valence-corrected chi connectivity index (χ4v) is 1.79. The summed E-state index contributed by atoms with van der Waals surface area (Å²) in [6.07, 6.45) is 1.02. The van der Waals surface area contributed by atoms with E-state index in [4.69, 9.17) is 4.74 Å². The van der Waals surface area contributed by atoms with E-state index in [1.807, 2.05) is 0 Å². The molecule has 0 amide bonds. The van der Waals surface area contributed by atoms with E-state index in [0.717, 1.165) is 0 Å². The second kappa shape index (κ2) is 5.71. The molecular formula is C13H13NO5. The monoisotopic (exact) mass is 263 g/mol. The number of carbonyl (C=O) groups is 3. The number of ketones is 2. The zero-order valence-electron chi connectivity index (χ0n) is 10.4. The number of methoxy groups -OCH3 is 1. The number of hydrogen-bond donors (Lipinski definition) is 0. The van der Waals surface area contributed by atoms with Gasteiger partial charge in [-0.1, -0.05) is 6.07 Å². The van der Waals surface area contributed by atoms with E-state index in [1.165, 1.54) is 19.4 Å². The maximum Gasteiger partial charge on any atom is 0.356 e. The third-order valence-electron chi connectivity index (χ3n) is 2.84. The molecule has 0 saturated heterocycles. The van der Waals surface area contributed by atoms with Gasteiger partial charge in [0.2, 0.25) is 0 Å². The van der Waals surface area contributed by atoms with Crippen molar-refractivity contribution in [2.45, 2.75) is 25.6 Å². The van der Waals surface area contributed by atoms with Crippen LogP contribution in [0.1, 0.15) is 28.9 Å². The number of aromatic nitrogens is 1. The van der Waals surface area contributed by atoms with Crippen LogP contribution in [-0.4, -0.2) is 35.7 Å². The van der Waals surface area contributed by atoms with Gasteiger partial charge in [0.1, 0.15) is 5.69 Å². The number of ether oxygens (including phenoxy) is 2. The molecule has 6 heteroatoms. The Morgan fingerprint density at radius 2 is 2.00 bits per heavy atom. The lowest BCUT2D eigenvalue weighted by Crippen LogP contribution is -2.24. The number of nitrogens with zero attached hydrogens (tertiary/aromatic N) is 1. The second-order valence-corrected chi connectivity index (χ2v) is 4.17. The Morgan fingerprint density at radius 3 is 2.53 bits per heavy atom. The van der Waals surface area contributed by atoms with E-state index in [-0.39, 0.29) is 36.7 Å². The second-order valence-electron chi connectivity index (χ2n) is 4.17. The summed E-state index contributed by atoms with van der Waals surface area (Å²) in [5.41, 5.74) is 0.874. The predicted molar refractivity (Wildman–Crippen MR) is 63.4 cm³/mol. The molecule has 0 aromatic carbocycles. The van der Waals surface area contributed by atoms with Crippen molar-refractivity contribution < 1.29 is 23.9 Å². The molecule has 0 atom stereocenters.